The van der Waals surface area contributed by atoms with Gasteiger partial charge in [0.25, 0.3) is 5.91 Å². The highest BCUT2D eigenvalue weighted by Gasteiger charge is 2.34. The molecule has 0 N–H and O–H groups in total. The molecule has 0 radical (unpaired) electrons. The molecule has 11 nitrogen and oxygen atoms in total. The minimum atomic E-state index is -0.621. The van der Waals surface area contributed by atoms with E-state index in [1.54, 1.807) is 11.9 Å². The first-order valence-corrected chi connectivity index (χ1v) is 13.7. The van der Waals surface area contributed by atoms with E-state index < -0.39 is 11.7 Å². The number of hydrogen-bond acceptors (Lipinski definition) is 8. The Hall–Kier alpha value is -4.02. The molecule has 0 bridgehead atoms. The molecule has 0 unspecified atom stereocenters. The fourth-order valence-electron chi connectivity index (χ4n) is 4.50. The first-order chi connectivity index (χ1) is 18.8. The Balaban J connectivity index is 1.71. The van der Waals surface area contributed by atoms with Crippen molar-refractivity contribution in [3.05, 3.63) is 46.9 Å². The molecule has 40 heavy (non-hydrogen) atoms. The van der Waals surface area contributed by atoms with Gasteiger partial charge in [-0.05, 0) is 66.2 Å². The molecular formula is C29H40N8O3. The van der Waals surface area contributed by atoms with E-state index in [9.17, 15) is 9.59 Å². The Morgan fingerprint density at radius 2 is 1.88 bits per heavy atom. The number of hydrogen-bond donors (Lipinski definition) is 0. The van der Waals surface area contributed by atoms with Gasteiger partial charge in [0.1, 0.15) is 28.8 Å². The first-order valence-electron chi connectivity index (χ1n) is 13.7. The standard InChI is InChI=1S/C29H40N8O3/c1-10-14-36-19(4)32-33-26(36)22-12-11-13-24(30-22)37-16-21-20(27(37)38)15-25(35(9)18(2)3)31-23(21)17-34(8)28(39)40-29(5,6)7/h11-13,15,18H,10,14,16-17H2,1-9H3. The summed E-state index contributed by atoms with van der Waals surface area (Å²) in [6, 6.07) is 7.57. The number of ether oxygens (including phenoxy) is 1. The molecule has 214 valence electrons. The van der Waals surface area contributed by atoms with Crippen molar-refractivity contribution in [2.24, 2.45) is 0 Å². The lowest BCUT2D eigenvalue weighted by Gasteiger charge is -2.26. The van der Waals surface area contributed by atoms with E-state index in [4.69, 9.17) is 14.7 Å². The lowest BCUT2D eigenvalue weighted by Crippen LogP contribution is -2.34. The Bertz CT molecular complexity index is 1410. The lowest BCUT2D eigenvalue weighted by molar-refractivity contribution is 0.0282. The van der Waals surface area contributed by atoms with Crippen molar-refractivity contribution in [1.29, 1.82) is 0 Å². The van der Waals surface area contributed by atoms with Crippen LogP contribution >= 0.6 is 0 Å². The van der Waals surface area contributed by atoms with Gasteiger partial charge in [0.15, 0.2) is 5.82 Å². The molecule has 0 saturated carbocycles. The van der Waals surface area contributed by atoms with Crippen LogP contribution in [0.5, 0.6) is 0 Å². The molecule has 3 aromatic rings. The number of rotatable bonds is 8. The normalized spacial score (nSPS) is 13.2. The molecule has 1 aliphatic heterocycles. The number of fused-ring (bicyclic) bond motifs is 1. The number of anilines is 2. The van der Waals surface area contributed by atoms with Crippen LogP contribution in [0.15, 0.2) is 24.3 Å². The summed E-state index contributed by atoms with van der Waals surface area (Å²) < 4.78 is 7.59. The van der Waals surface area contributed by atoms with Crippen LogP contribution in [0.3, 0.4) is 0 Å². The summed E-state index contributed by atoms with van der Waals surface area (Å²) in [6.07, 6.45) is 0.485. The highest BCUT2D eigenvalue weighted by Crippen LogP contribution is 2.33. The summed E-state index contributed by atoms with van der Waals surface area (Å²) in [5.41, 5.74) is 2.02. The maximum atomic E-state index is 13.8. The zero-order valence-electron chi connectivity index (χ0n) is 25.0. The Morgan fingerprint density at radius 3 is 2.52 bits per heavy atom. The van der Waals surface area contributed by atoms with Crippen molar-refractivity contribution in [2.75, 3.05) is 23.9 Å². The average molecular weight is 549 g/mol. The van der Waals surface area contributed by atoms with Gasteiger partial charge >= 0.3 is 6.09 Å². The van der Waals surface area contributed by atoms with Crippen LogP contribution in [0.2, 0.25) is 0 Å². The molecule has 4 rings (SSSR count). The lowest BCUT2D eigenvalue weighted by atomic mass is 10.1. The molecule has 0 saturated heterocycles. The zero-order chi connectivity index (χ0) is 29.4. The van der Waals surface area contributed by atoms with Gasteiger partial charge in [-0.25, -0.2) is 14.8 Å². The predicted molar refractivity (Wildman–Crippen MR) is 154 cm³/mol. The molecule has 3 aromatic heterocycles. The Labute approximate surface area is 236 Å². The second-order valence-electron chi connectivity index (χ2n) is 11.5. The summed E-state index contributed by atoms with van der Waals surface area (Å²) in [5, 5.41) is 8.59. The third-order valence-electron chi connectivity index (χ3n) is 6.84. The van der Waals surface area contributed by atoms with Crippen molar-refractivity contribution >= 4 is 23.6 Å². The second-order valence-corrected chi connectivity index (χ2v) is 11.5. The summed E-state index contributed by atoms with van der Waals surface area (Å²) in [7, 11) is 3.62. The van der Waals surface area contributed by atoms with Gasteiger partial charge in [-0.1, -0.05) is 13.0 Å². The maximum absolute atomic E-state index is 13.8. The molecule has 0 spiro atoms. The number of carbonyl (C=O) groups is 2. The highest BCUT2D eigenvalue weighted by atomic mass is 16.6. The van der Waals surface area contributed by atoms with E-state index in [0.717, 1.165) is 24.4 Å². The van der Waals surface area contributed by atoms with Crippen LogP contribution in [0.25, 0.3) is 11.5 Å². The van der Waals surface area contributed by atoms with Gasteiger partial charge in [0.05, 0.1) is 24.3 Å². The molecule has 0 aliphatic carbocycles. The van der Waals surface area contributed by atoms with Gasteiger partial charge in [-0.3, -0.25) is 9.69 Å². The summed E-state index contributed by atoms with van der Waals surface area (Å²) >= 11 is 0. The van der Waals surface area contributed by atoms with Crippen LogP contribution in [-0.4, -0.2) is 67.4 Å². The monoisotopic (exact) mass is 548 g/mol. The summed E-state index contributed by atoms with van der Waals surface area (Å²) in [6.45, 7) is 14.9. The van der Waals surface area contributed by atoms with Gasteiger partial charge in [0, 0.05) is 32.2 Å². The third kappa shape index (κ3) is 5.93. The van der Waals surface area contributed by atoms with E-state index >= 15 is 0 Å². The van der Waals surface area contributed by atoms with Crippen molar-refractivity contribution in [3.63, 3.8) is 0 Å². The fraction of sp³-hybridized carbons (Fsp3) is 0.517. The smallest absolute Gasteiger partial charge is 0.410 e. The molecule has 4 heterocycles. The van der Waals surface area contributed by atoms with E-state index in [0.29, 0.717) is 41.0 Å². The largest absolute Gasteiger partial charge is 0.444 e. The number of pyridine rings is 2. The molecule has 0 aromatic carbocycles. The van der Waals surface area contributed by atoms with Gasteiger partial charge in [-0.15, -0.1) is 10.2 Å². The van der Waals surface area contributed by atoms with Crippen molar-refractivity contribution < 1.29 is 14.3 Å². The van der Waals surface area contributed by atoms with Gasteiger partial charge < -0.3 is 19.1 Å². The second kappa shape index (κ2) is 11.2. The zero-order valence-corrected chi connectivity index (χ0v) is 25.0. The van der Waals surface area contributed by atoms with Crippen molar-refractivity contribution in [1.82, 2.24) is 29.6 Å². The number of nitrogens with zero attached hydrogens (tertiary/aromatic N) is 8. The van der Waals surface area contributed by atoms with Crippen LogP contribution in [0.4, 0.5) is 16.4 Å². The average Bonchev–Trinajstić information content (AvgIpc) is 3.42. The van der Waals surface area contributed by atoms with Crippen molar-refractivity contribution in [2.45, 2.75) is 86.2 Å². The molecule has 0 atom stereocenters. The van der Waals surface area contributed by atoms with E-state index in [-0.39, 0.29) is 18.5 Å². The minimum absolute atomic E-state index is 0.159. The van der Waals surface area contributed by atoms with Crippen LogP contribution in [-0.2, 0) is 24.4 Å². The van der Waals surface area contributed by atoms with E-state index in [1.165, 1.54) is 4.90 Å². The molecular weight excluding hydrogens is 508 g/mol. The Morgan fingerprint density at radius 1 is 1.15 bits per heavy atom. The van der Waals surface area contributed by atoms with Gasteiger partial charge in [0.2, 0.25) is 0 Å². The summed E-state index contributed by atoms with van der Waals surface area (Å²) in [5.74, 6) is 2.52. The van der Waals surface area contributed by atoms with E-state index in [1.807, 2.05) is 68.5 Å². The molecule has 2 amide bonds. The minimum Gasteiger partial charge on any atom is -0.444 e. The third-order valence-corrected chi connectivity index (χ3v) is 6.84. The number of amides is 2. The summed E-state index contributed by atoms with van der Waals surface area (Å²) in [4.78, 5) is 41.5. The highest BCUT2D eigenvalue weighted by molar-refractivity contribution is 6.10. The van der Waals surface area contributed by atoms with Gasteiger partial charge in [-0.2, -0.15) is 0 Å². The fourth-order valence-corrected chi connectivity index (χ4v) is 4.50. The maximum Gasteiger partial charge on any atom is 0.410 e. The van der Waals surface area contributed by atoms with Crippen LogP contribution < -0.4 is 9.80 Å². The number of carbonyl (C=O) groups excluding carboxylic acids is 2. The molecule has 0 fully saturated rings. The predicted octanol–water partition coefficient (Wildman–Crippen LogP) is 4.83. The first kappa shape index (κ1) is 29.0. The van der Waals surface area contributed by atoms with E-state index in [2.05, 4.69) is 31.0 Å². The Kier molecular flexibility index (Phi) is 8.13. The van der Waals surface area contributed by atoms with Crippen LogP contribution in [0, 0.1) is 6.92 Å². The number of aryl methyl sites for hydroxylation is 1. The van der Waals surface area contributed by atoms with Crippen molar-refractivity contribution in [3.8, 4) is 11.5 Å². The van der Waals surface area contributed by atoms with Crippen LogP contribution in [0.1, 0.15) is 75.4 Å². The quantitative estimate of drug-likeness (QED) is 0.394. The molecule has 1 aliphatic rings. The molecule has 11 heteroatoms. The SMILES string of the molecule is CCCn1c(C)nnc1-c1cccc(N2Cc3c(cc(N(C)C(C)C)nc3CN(C)C(=O)OC(C)(C)C)C2=O)n1. The topological polar surface area (TPSA) is 110 Å². The number of aromatic nitrogens is 5.